The molecule has 1 atom stereocenters. The van der Waals surface area contributed by atoms with Crippen molar-refractivity contribution in [3.05, 3.63) is 0 Å². The molecule has 4 heteroatoms. The zero-order valence-electron chi connectivity index (χ0n) is 11.7. The van der Waals surface area contributed by atoms with E-state index in [0.29, 0.717) is 6.54 Å². The Labute approximate surface area is 110 Å². The molecule has 0 radical (unpaired) electrons. The maximum Gasteiger partial charge on any atom is 0.226 e. The quantitative estimate of drug-likeness (QED) is 0.817. The second-order valence-corrected chi connectivity index (χ2v) is 6.19. The highest BCUT2D eigenvalue weighted by atomic mass is 16.3. The lowest BCUT2D eigenvalue weighted by atomic mass is 9.97. The lowest BCUT2D eigenvalue weighted by molar-refractivity contribution is -0.134. The van der Waals surface area contributed by atoms with E-state index in [9.17, 15) is 9.90 Å². The second-order valence-electron chi connectivity index (χ2n) is 6.19. The lowest BCUT2D eigenvalue weighted by Crippen LogP contribution is -2.38. The molecule has 0 aromatic rings. The van der Waals surface area contributed by atoms with Gasteiger partial charge in [0.05, 0.1) is 11.5 Å². The number of rotatable bonds is 4. The van der Waals surface area contributed by atoms with E-state index in [4.69, 9.17) is 0 Å². The van der Waals surface area contributed by atoms with Crippen LogP contribution in [0.1, 0.15) is 38.5 Å². The van der Waals surface area contributed by atoms with Gasteiger partial charge in [-0.05, 0) is 39.3 Å². The molecule has 1 aliphatic carbocycles. The fourth-order valence-electron chi connectivity index (χ4n) is 3.22. The molecule has 0 spiro atoms. The number of aliphatic hydroxyl groups is 1. The molecule has 0 aromatic heterocycles. The number of carbonyl (C=O) groups excluding carboxylic acids is 1. The first-order chi connectivity index (χ1) is 8.50. The maximum atomic E-state index is 12.2. The Hall–Kier alpha value is -0.610. The van der Waals surface area contributed by atoms with Gasteiger partial charge in [-0.3, -0.25) is 4.79 Å². The third-order valence-electron chi connectivity index (χ3n) is 4.56. The fraction of sp³-hybridized carbons (Fsp3) is 0.929. The molecule has 1 heterocycles. The summed E-state index contributed by atoms with van der Waals surface area (Å²) in [6.07, 6.45) is 5.77. The maximum absolute atomic E-state index is 12.2. The SMILES string of the molecule is CN1CC[C@@H](C(=O)N(C)CCC2(O)CCCC2)C1. The number of hydrogen-bond donors (Lipinski definition) is 1. The van der Waals surface area contributed by atoms with Crippen LogP contribution in [-0.4, -0.2) is 60.1 Å². The third-order valence-corrected chi connectivity index (χ3v) is 4.56. The van der Waals surface area contributed by atoms with Crippen molar-refractivity contribution in [2.75, 3.05) is 33.7 Å². The Morgan fingerprint density at radius 1 is 1.44 bits per heavy atom. The van der Waals surface area contributed by atoms with E-state index in [1.807, 2.05) is 11.9 Å². The van der Waals surface area contributed by atoms with Crippen molar-refractivity contribution in [2.24, 2.45) is 5.92 Å². The number of likely N-dealkylation sites (tertiary alicyclic amines) is 1. The van der Waals surface area contributed by atoms with Gasteiger partial charge in [0.15, 0.2) is 0 Å². The minimum absolute atomic E-state index is 0.165. The standard InChI is InChI=1S/C14H26N2O2/c1-15-9-5-12(11-15)13(17)16(2)10-8-14(18)6-3-4-7-14/h12,18H,3-11H2,1-2H3/t12-/m1/s1. The zero-order chi connectivity index (χ0) is 13.2. The lowest BCUT2D eigenvalue weighted by Gasteiger charge is -2.27. The Bertz CT molecular complexity index is 300. The molecule has 1 amide bonds. The zero-order valence-corrected chi connectivity index (χ0v) is 11.7. The smallest absolute Gasteiger partial charge is 0.226 e. The Morgan fingerprint density at radius 3 is 2.67 bits per heavy atom. The van der Waals surface area contributed by atoms with E-state index in [2.05, 4.69) is 11.9 Å². The highest BCUT2D eigenvalue weighted by Gasteiger charge is 2.33. The van der Waals surface area contributed by atoms with Crippen LogP contribution in [0.15, 0.2) is 0 Å². The molecule has 104 valence electrons. The molecule has 2 aliphatic rings. The largest absolute Gasteiger partial charge is 0.390 e. The first kappa shape index (κ1) is 13.8. The van der Waals surface area contributed by atoms with Gasteiger partial charge in [-0.25, -0.2) is 0 Å². The Balaban J connectivity index is 1.77. The average Bonchev–Trinajstić information content (AvgIpc) is 2.95. The van der Waals surface area contributed by atoms with E-state index in [1.165, 1.54) is 0 Å². The van der Waals surface area contributed by atoms with Gasteiger partial charge in [-0.2, -0.15) is 0 Å². The van der Waals surface area contributed by atoms with Crippen LogP contribution in [0, 0.1) is 5.92 Å². The Morgan fingerprint density at radius 2 is 2.11 bits per heavy atom. The second kappa shape index (κ2) is 5.57. The molecular weight excluding hydrogens is 228 g/mol. The predicted octanol–water partition coefficient (Wildman–Crippen LogP) is 1.09. The molecule has 4 nitrogen and oxygen atoms in total. The minimum atomic E-state index is -0.499. The fourth-order valence-corrected chi connectivity index (χ4v) is 3.22. The first-order valence-corrected chi connectivity index (χ1v) is 7.16. The summed E-state index contributed by atoms with van der Waals surface area (Å²) in [6.45, 7) is 2.59. The monoisotopic (exact) mass is 254 g/mol. The van der Waals surface area contributed by atoms with Crippen molar-refractivity contribution in [3.8, 4) is 0 Å². The molecule has 1 saturated carbocycles. The van der Waals surface area contributed by atoms with Crippen LogP contribution in [0.25, 0.3) is 0 Å². The number of carbonyl (C=O) groups is 1. The highest BCUT2D eigenvalue weighted by Crippen LogP contribution is 2.32. The summed E-state index contributed by atoms with van der Waals surface area (Å²) >= 11 is 0. The van der Waals surface area contributed by atoms with Crippen LogP contribution in [0.4, 0.5) is 0 Å². The van der Waals surface area contributed by atoms with E-state index in [1.54, 1.807) is 0 Å². The summed E-state index contributed by atoms with van der Waals surface area (Å²) in [5.41, 5.74) is -0.499. The van der Waals surface area contributed by atoms with E-state index < -0.39 is 5.60 Å². The number of amides is 1. The molecular formula is C14H26N2O2. The van der Waals surface area contributed by atoms with E-state index in [0.717, 1.165) is 51.6 Å². The average molecular weight is 254 g/mol. The summed E-state index contributed by atoms with van der Waals surface area (Å²) < 4.78 is 0. The molecule has 1 N–H and O–H groups in total. The molecule has 2 rings (SSSR count). The molecule has 1 aliphatic heterocycles. The summed E-state index contributed by atoms with van der Waals surface area (Å²) in [6, 6.07) is 0. The van der Waals surface area contributed by atoms with Crippen molar-refractivity contribution in [1.29, 1.82) is 0 Å². The van der Waals surface area contributed by atoms with Gasteiger partial charge >= 0.3 is 0 Å². The molecule has 2 fully saturated rings. The topological polar surface area (TPSA) is 43.8 Å². The molecule has 0 unspecified atom stereocenters. The van der Waals surface area contributed by atoms with Crippen LogP contribution in [-0.2, 0) is 4.79 Å². The van der Waals surface area contributed by atoms with Gasteiger partial charge in [-0.1, -0.05) is 12.8 Å². The van der Waals surface area contributed by atoms with Crippen molar-refractivity contribution in [2.45, 2.75) is 44.1 Å². The summed E-state index contributed by atoms with van der Waals surface area (Å²) in [5.74, 6) is 0.416. The summed E-state index contributed by atoms with van der Waals surface area (Å²) in [4.78, 5) is 16.2. The van der Waals surface area contributed by atoms with E-state index in [-0.39, 0.29) is 11.8 Å². The molecule has 1 saturated heterocycles. The van der Waals surface area contributed by atoms with Crippen LogP contribution in [0.2, 0.25) is 0 Å². The molecule has 0 aromatic carbocycles. The van der Waals surface area contributed by atoms with Crippen LogP contribution >= 0.6 is 0 Å². The number of hydrogen-bond acceptors (Lipinski definition) is 3. The van der Waals surface area contributed by atoms with Crippen molar-refractivity contribution >= 4 is 5.91 Å². The normalized spacial score (nSPS) is 27.6. The summed E-state index contributed by atoms with van der Waals surface area (Å²) in [7, 11) is 3.94. The van der Waals surface area contributed by atoms with Crippen LogP contribution in [0.3, 0.4) is 0 Å². The van der Waals surface area contributed by atoms with Crippen molar-refractivity contribution in [3.63, 3.8) is 0 Å². The molecule has 18 heavy (non-hydrogen) atoms. The highest BCUT2D eigenvalue weighted by molar-refractivity contribution is 5.79. The predicted molar refractivity (Wildman–Crippen MR) is 71.3 cm³/mol. The van der Waals surface area contributed by atoms with Gasteiger partial charge in [-0.15, -0.1) is 0 Å². The van der Waals surface area contributed by atoms with Crippen LogP contribution in [0.5, 0.6) is 0 Å². The number of nitrogens with zero attached hydrogens (tertiary/aromatic N) is 2. The third kappa shape index (κ3) is 3.23. The van der Waals surface area contributed by atoms with E-state index >= 15 is 0 Å². The van der Waals surface area contributed by atoms with Gasteiger partial charge in [0.2, 0.25) is 5.91 Å². The summed E-state index contributed by atoms with van der Waals surface area (Å²) in [5, 5.41) is 10.3. The van der Waals surface area contributed by atoms with Gasteiger partial charge in [0, 0.05) is 20.1 Å². The van der Waals surface area contributed by atoms with Gasteiger partial charge in [0.25, 0.3) is 0 Å². The molecule has 0 bridgehead atoms. The van der Waals surface area contributed by atoms with Crippen molar-refractivity contribution < 1.29 is 9.90 Å². The van der Waals surface area contributed by atoms with Gasteiger partial charge in [0.1, 0.15) is 0 Å². The van der Waals surface area contributed by atoms with Crippen molar-refractivity contribution in [1.82, 2.24) is 9.80 Å². The Kier molecular flexibility index (Phi) is 4.28. The minimum Gasteiger partial charge on any atom is -0.390 e. The van der Waals surface area contributed by atoms with Gasteiger partial charge < -0.3 is 14.9 Å². The first-order valence-electron chi connectivity index (χ1n) is 7.16. The van der Waals surface area contributed by atoms with Crippen LogP contribution < -0.4 is 0 Å².